The highest BCUT2D eigenvalue weighted by Gasteiger charge is 2.17. The van der Waals surface area contributed by atoms with Crippen LogP contribution < -0.4 is 5.32 Å². The van der Waals surface area contributed by atoms with E-state index in [1.54, 1.807) is 0 Å². The normalized spacial score (nSPS) is 23.0. The first kappa shape index (κ1) is 12.9. The Hall–Kier alpha value is -0.120. The molecule has 0 aromatic carbocycles. The molecule has 0 radical (unpaired) electrons. The number of nitrogens with zero attached hydrogens (tertiary/aromatic N) is 1. The lowest BCUT2D eigenvalue weighted by atomic mass is 10.1. The molecule has 1 unspecified atom stereocenters. The van der Waals surface area contributed by atoms with Crippen molar-refractivity contribution < 1.29 is 4.74 Å². The van der Waals surface area contributed by atoms with Crippen molar-refractivity contribution in [1.82, 2.24) is 10.2 Å². The van der Waals surface area contributed by atoms with E-state index in [0.717, 1.165) is 32.3 Å². The summed E-state index contributed by atoms with van der Waals surface area (Å²) in [5.74, 6) is 0. The van der Waals surface area contributed by atoms with Gasteiger partial charge < -0.3 is 10.1 Å². The maximum atomic E-state index is 5.43. The van der Waals surface area contributed by atoms with Crippen molar-refractivity contribution in [3.05, 3.63) is 0 Å². The molecule has 15 heavy (non-hydrogen) atoms. The van der Waals surface area contributed by atoms with Gasteiger partial charge in [0.25, 0.3) is 0 Å². The average Bonchev–Trinajstić information content (AvgIpc) is 2.53. The first-order valence-corrected chi connectivity index (χ1v) is 6.41. The number of likely N-dealkylation sites (N-methyl/N-ethyl adjacent to an activating group) is 1. The van der Waals surface area contributed by atoms with Crippen LogP contribution in [-0.4, -0.2) is 50.3 Å². The number of hydrogen-bond acceptors (Lipinski definition) is 3. The van der Waals surface area contributed by atoms with Gasteiger partial charge in [-0.1, -0.05) is 6.92 Å². The quantitative estimate of drug-likeness (QED) is 0.678. The van der Waals surface area contributed by atoms with Crippen LogP contribution in [0, 0.1) is 0 Å². The predicted molar refractivity (Wildman–Crippen MR) is 64.2 cm³/mol. The molecule has 1 saturated heterocycles. The largest absolute Gasteiger partial charge is 0.380 e. The summed E-state index contributed by atoms with van der Waals surface area (Å²) < 4.78 is 5.43. The van der Waals surface area contributed by atoms with E-state index in [1.165, 1.54) is 32.4 Å². The van der Waals surface area contributed by atoms with Crippen molar-refractivity contribution in [1.29, 1.82) is 0 Å². The zero-order chi connectivity index (χ0) is 10.9. The molecule has 0 amide bonds. The molecule has 0 spiro atoms. The zero-order valence-corrected chi connectivity index (χ0v) is 10.3. The minimum Gasteiger partial charge on any atom is -0.380 e. The Kier molecular flexibility index (Phi) is 6.98. The Morgan fingerprint density at radius 2 is 2.13 bits per heavy atom. The number of ether oxygens (including phenoxy) is 1. The van der Waals surface area contributed by atoms with E-state index in [9.17, 15) is 0 Å². The molecule has 3 heteroatoms. The third-order valence-electron chi connectivity index (χ3n) is 3.19. The summed E-state index contributed by atoms with van der Waals surface area (Å²) in [6.45, 7) is 10.6. The molecular weight excluding hydrogens is 188 g/mol. The van der Waals surface area contributed by atoms with Crippen molar-refractivity contribution in [3.8, 4) is 0 Å². The van der Waals surface area contributed by atoms with E-state index in [0.29, 0.717) is 0 Å². The average molecular weight is 214 g/mol. The van der Waals surface area contributed by atoms with Crippen LogP contribution in [0.3, 0.4) is 0 Å². The lowest BCUT2D eigenvalue weighted by Gasteiger charge is -2.29. The lowest BCUT2D eigenvalue weighted by molar-refractivity contribution is 0.0931. The van der Waals surface area contributed by atoms with E-state index in [1.807, 2.05) is 0 Å². The van der Waals surface area contributed by atoms with Gasteiger partial charge in [0.1, 0.15) is 0 Å². The topological polar surface area (TPSA) is 24.5 Å². The second kappa shape index (κ2) is 8.08. The SMILES string of the molecule is CCOCCN(CC)C1CCCNCC1. The fourth-order valence-electron chi connectivity index (χ4n) is 2.29. The first-order chi connectivity index (χ1) is 7.38. The van der Waals surface area contributed by atoms with Crippen LogP contribution in [0.1, 0.15) is 33.1 Å². The van der Waals surface area contributed by atoms with Crippen LogP contribution in [0.2, 0.25) is 0 Å². The molecule has 1 heterocycles. The first-order valence-electron chi connectivity index (χ1n) is 6.41. The molecule has 1 fully saturated rings. The van der Waals surface area contributed by atoms with Crippen molar-refractivity contribution in [3.63, 3.8) is 0 Å². The fourth-order valence-corrected chi connectivity index (χ4v) is 2.29. The van der Waals surface area contributed by atoms with Crippen LogP contribution in [0.15, 0.2) is 0 Å². The van der Waals surface area contributed by atoms with Gasteiger partial charge in [-0.05, 0) is 45.8 Å². The molecule has 0 saturated carbocycles. The second-order valence-corrected chi connectivity index (χ2v) is 4.16. The predicted octanol–water partition coefficient (Wildman–Crippen LogP) is 1.49. The molecule has 0 aromatic heterocycles. The number of hydrogen-bond donors (Lipinski definition) is 1. The van der Waals surface area contributed by atoms with Crippen LogP contribution in [0.4, 0.5) is 0 Å². The maximum absolute atomic E-state index is 5.43. The molecule has 0 aromatic rings. The minimum atomic E-state index is 0.769. The summed E-state index contributed by atoms with van der Waals surface area (Å²) >= 11 is 0. The molecule has 3 nitrogen and oxygen atoms in total. The zero-order valence-electron chi connectivity index (χ0n) is 10.3. The second-order valence-electron chi connectivity index (χ2n) is 4.16. The van der Waals surface area contributed by atoms with Crippen molar-refractivity contribution in [2.75, 3.05) is 39.4 Å². The van der Waals surface area contributed by atoms with E-state index in [2.05, 4.69) is 24.1 Å². The van der Waals surface area contributed by atoms with Crippen LogP contribution >= 0.6 is 0 Å². The van der Waals surface area contributed by atoms with E-state index < -0.39 is 0 Å². The Morgan fingerprint density at radius 1 is 1.27 bits per heavy atom. The van der Waals surface area contributed by atoms with Gasteiger partial charge in [-0.15, -0.1) is 0 Å². The molecule has 1 N–H and O–H groups in total. The molecule has 90 valence electrons. The molecule has 1 rings (SSSR count). The van der Waals surface area contributed by atoms with Gasteiger partial charge in [-0.2, -0.15) is 0 Å². The Bertz CT molecular complexity index is 145. The van der Waals surface area contributed by atoms with Crippen molar-refractivity contribution >= 4 is 0 Å². The summed E-state index contributed by atoms with van der Waals surface area (Å²) in [5, 5.41) is 3.47. The van der Waals surface area contributed by atoms with Crippen molar-refractivity contribution in [2.24, 2.45) is 0 Å². The van der Waals surface area contributed by atoms with E-state index in [4.69, 9.17) is 4.74 Å². The smallest absolute Gasteiger partial charge is 0.0593 e. The third kappa shape index (κ3) is 4.96. The van der Waals surface area contributed by atoms with Crippen LogP contribution in [0.5, 0.6) is 0 Å². The highest BCUT2D eigenvalue weighted by Crippen LogP contribution is 2.12. The third-order valence-corrected chi connectivity index (χ3v) is 3.19. The summed E-state index contributed by atoms with van der Waals surface area (Å²) in [4.78, 5) is 2.57. The van der Waals surface area contributed by atoms with Gasteiger partial charge in [0.15, 0.2) is 0 Å². The summed E-state index contributed by atoms with van der Waals surface area (Å²) in [7, 11) is 0. The highest BCUT2D eigenvalue weighted by molar-refractivity contribution is 4.75. The van der Waals surface area contributed by atoms with Crippen LogP contribution in [0.25, 0.3) is 0 Å². The summed E-state index contributed by atoms with van der Waals surface area (Å²) in [5.41, 5.74) is 0. The minimum absolute atomic E-state index is 0.769. The summed E-state index contributed by atoms with van der Waals surface area (Å²) in [6, 6.07) is 0.769. The maximum Gasteiger partial charge on any atom is 0.0593 e. The summed E-state index contributed by atoms with van der Waals surface area (Å²) in [6.07, 6.45) is 3.95. The van der Waals surface area contributed by atoms with Gasteiger partial charge in [0.2, 0.25) is 0 Å². The molecule has 1 aliphatic heterocycles. The molecule has 1 aliphatic rings. The van der Waals surface area contributed by atoms with Gasteiger partial charge in [0.05, 0.1) is 6.61 Å². The Labute approximate surface area is 94.2 Å². The standard InChI is InChI=1S/C12H26N2O/c1-3-14(10-11-15-4-2)12-6-5-8-13-9-7-12/h12-13H,3-11H2,1-2H3. The van der Waals surface area contributed by atoms with Crippen molar-refractivity contribution in [2.45, 2.75) is 39.2 Å². The molecule has 1 atom stereocenters. The fraction of sp³-hybridized carbons (Fsp3) is 1.00. The van der Waals surface area contributed by atoms with Crippen LogP contribution in [-0.2, 0) is 4.74 Å². The monoisotopic (exact) mass is 214 g/mol. The molecule has 0 bridgehead atoms. The number of nitrogens with one attached hydrogen (secondary N) is 1. The van der Waals surface area contributed by atoms with Gasteiger partial charge >= 0.3 is 0 Å². The van der Waals surface area contributed by atoms with E-state index in [-0.39, 0.29) is 0 Å². The van der Waals surface area contributed by atoms with Gasteiger partial charge in [-0.3, -0.25) is 4.90 Å². The lowest BCUT2D eigenvalue weighted by Crippen LogP contribution is -2.38. The van der Waals surface area contributed by atoms with E-state index >= 15 is 0 Å². The highest BCUT2D eigenvalue weighted by atomic mass is 16.5. The Balaban J connectivity index is 2.27. The van der Waals surface area contributed by atoms with Gasteiger partial charge in [-0.25, -0.2) is 0 Å². The Morgan fingerprint density at radius 3 is 2.87 bits per heavy atom. The number of rotatable bonds is 6. The molecule has 0 aliphatic carbocycles. The molecular formula is C12H26N2O. The van der Waals surface area contributed by atoms with Gasteiger partial charge in [0, 0.05) is 19.2 Å².